The van der Waals surface area contributed by atoms with Gasteiger partial charge in [0.05, 0.1) is 25.1 Å². The van der Waals surface area contributed by atoms with Crippen LogP contribution in [0.2, 0.25) is 0 Å². The Labute approximate surface area is 205 Å². The van der Waals surface area contributed by atoms with Gasteiger partial charge in [0.25, 0.3) is 0 Å². The Kier molecular flexibility index (Phi) is 9.84. The van der Waals surface area contributed by atoms with Gasteiger partial charge in [0.2, 0.25) is 17.8 Å². The Morgan fingerprint density at radius 2 is 2.00 bits per heavy atom. The van der Waals surface area contributed by atoms with Gasteiger partial charge in [-0.2, -0.15) is 10.5 Å². The van der Waals surface area contributed by atoms with Gasteiger partial charge in [-0.15, -0.1) is 0 Å². The lowest BCUT2D eigenvalue weighted by Crippen LogP contribution is -2.45. The van der Waals surface area contributed by atoms with Crippen LogP contribution in [-0.2, 0) is 20.8 Å². The minimum Gasteiger partial charge on any atom is -0.341 e. The lowest BCUT2D eigenvalue weighted by molar-refractivity contribution is -0.140. The van der Waals surface area contributed by atoms with Crippen LogP contribution in [0.3, 0.4) is 0 Å². The maximum absolute atomic E-state index is 13.2. The molecule has 2 aliphatic heterocycles. The number of carbonyl (C=O) groups excluding carboxylic acids is 2. The highest BCUT2D eigenvalue weighted by molar-refractivity contribution is 5.97. The summed E-state index contributed by atoms with van der Waals surface area (Å²) in [6.07, 6.45) is 6.44. The molecule has 186 valence electrons. The molecule has 0 aromatic heterocycles. The van der Waals surface area contributed by atoms with E-state index in [0.29, 0.717) is 25.1 Å². The fourth-order valence-corrected chi connectivity index (χ4v) is 4.35. The molecule has 11 nitrogen and oxygen atoms in total. The van der Waals surface area contributed by atoms with Crippen molar-refractivity contribution >= 4 is 23.5 Å². The first-order chi connectivity index (χ1) is 17.0. The van der Waals surface area contributed by atoms with Crippen molar-refractivity contribution < 1.29 is 14.4 Å². The topological polar surface area (TPSA) is 160 Å². The summed E-state index contributed by atoms with van der Waals surface area (Å²) < 4.78 is 0. The zero-order valence-electron chi connectivity index (χ0n) is 19.8. The van der Waals surface area contributed by atoms with Crippen molar-refractivity contribution in [2.75, 3.05) is 38.1 Å². The van der Waals surface area contributed by atoms with E-state index >= 15 is 0 Å². The van der Waals surface area contributed by atoms with Gasteiger partial charge in [-0.1, -0.05) is 12.1 Å². The van der Waals surface area contributed by atoms with Gasteiger partial charge >= 0.3 is 0 Å². The van der Waals surface area contributed by atoms with E-state index < -0.39 is 12.0 Å². The second kappa shape index (κ2) is 13.3. The zero-order valence-corrected chi connectivity index (χ0v) is 19.8. The fraction of sp³-hybridized carbons (Fsp3) is 0.542. The average molecular weight is 481 g/mol. The first-order valence-corrected chi connectivity index (χ1v) is 11.9. The summed E-state index contributed by atoms with van der Waals surface area (Å²) in [4.78, 5) is 38.3. The van der Waals surface area contributed by atoms with E-state index in [9.17, 15) is 20.1 Å². The zero-order chi connectivity index (χ0) is 25.0. The summed E-state index contributed by atoms with van der Waals surface area (Å²) >= 11 is 0. The van der Waals surface area contributed by atoms with Crippen molar-refractivity contribution in [3.63, 3.8) is 0 Å². The molecule has 2 unspecified atom stereocenters. The number of hydrogen-bond donors (Lipinski definition) is 3. The van der Waals surface area contributed by atoms with Gasteiger partial charge < -0.3 is 20.0 Å². The number of guanidine groups is 1. The maximum Gasteiger partial charge on any atom is 0.247 e. The van der Waals surface area contributed by atoms with Crippen molar-refractivity contribution in [3.8, 4) is 12.3 Å². The summed E-state index contributed by atoms with van der Waals surface area (Å²) in [5, 5.41) is 24.1. The van der Waals surface area contributed by atoms with Crippen molar-refractivity contribution in [1.29, 1.82) is 10.5 Å². The van der Waals surface area contributed by atoms with Gasteiger partial charge in [-0.25, -0.2) is 10.9 Å². The Morgan fingerprint density at radius 3 is 2.71 bits per heavy atom. The second-order valence-corrected chi connectivity index (χ2v) is 8.76. The molecular weight excluding hydrogens is 448 g/mol. The molecule has 35 heavy (non-hydrogen) atoms. The van der Waals surface area contributed by atoms with Crippen LogP contribution in [0.5, 0.6) is 0 Å². The van der Waals surface area contributed by atoms with Gasteiger partial charge in [-0.05, 0) is 56.2 Å². The largest absolute Gasteiger partial charge is 0.341 e. The Bertz CT molecular complexity index is 993. The number of rotatable bonds is 8. The molecule has 1 aromatic carbocycles. The SMILES string of the molecule is N#CNC(=NC1CCCCN(CC(=O)N2CCCC2)C1=O)Nc1cccc(CC(C#N)CON)c1. The molecule has 2 saturated heterocycles. The van der Waals surface area contributed by atoms with Crippen molar-refractivity contribution in [3.05, 3.63) is 29.8 Å². The summed E-state index contributed by atoms with van der Waals surface area (Å²) in [6.45, 7) is 2.20. The van der Waals surface area contributed by atoms with Gasteiger partial charge in [0, 0.05) is 25.3 Å². The highest BCUT2D eigenvalue weighted by atomic mass is 16.6. The Balaban J connectivity index is 1.71. The van der Waals surface area contributed by atoms with Crippen LogP contribution in [0.15, 0.2) is 29.3 Å². The molecule has 4 N–H and O–H groups in total. The molecule has 2 fully saturated rings. The highest BCUT2D eigenvalue weighted by Crippen LogP contribution is 2.18. The van der Waals surface area contributed by atoms with E-state index in [-0.39, 0.29) is 30.9 Å². The molecule has 0 aliphatic carbocycles. The van der Waals surface area contributed by atoms with Crippen LogP contribution < -0.4 is 16.5 Å². The normalized spacial score (nSPS) is 19.5. The van der Waals surface area contributed by atoms with Crippen LogP contribution >= 0.6 is 0 Å². The number of nitrogens with two attached hydrogens (primary N) is 1. The number of hydrogen-bond acceptors (Lipinski definition) is 7. The number of benzene rings is 1. The van der Waals surface area contributed by atoms with E-state index in [0.717, 1.165) is 44.3 Å². The molecule has 1 aromatic rings. The molecule has 2 aliphatic rings. The molecule has 0 bridgehead atoms. The predicted molar refractivity (Wildman–Crippen MR) is 129 cm³/mol. The third-order valence-electron chi connectivity index (χ3n) is 6.15. The Hall–Kier alpha value is -3.67. The molecule has 0 radical (unpaired) electrons. The Morgan fingerprint density at radius 1 is 1.23 bits per heavy atom. The lowest BCUT2D eigenvalue weighted by atomic mass is 10.0. The third-order valence-corrected chi connectivity index (χ3v) is 6.15. The molecule has 11 heteroatoms. The quantitative estimate of drug-likeness (QED) is 0.164. The molecule has 0 spiro atoms. The number of nitrogens with zero attached hydrogens (tertiary/aromatic N) is 5. The van der Waals surface area contributed by atoms with Crippen molar-refractivity contribution in [2.24, 2.45) is 16.8 Å². The number of nitrogens with one attached hydrogen (secondary N) is 2. The van der Waals surface area contributed by atoms with E-state index in [2.05, 4.69) is 26.5 Å². The summed E-state index contributed by atoms with van der Waals surface area (Å²) in [5.41, 5.74) is 1.53. The van der Waals surface area contributed by atoms with E-state index in [1.807, 2.05) is 29.3 Å². The summed E-state index contributed by atoms with van der Waals surface area (Å²) in [5.74, 6) is 4.62. The van der Waals surface area contributed by atoms with Crippen LogP contribution in [-0.4, -0.2) is 66.4 Å². The first-order valence-electron chi connectivity index (χ1n) is 11.9. The average Bonchev–Trinajstić information content (AvgIpc) is 3.34. The van der Waals surface area contributed by atoms with Gasteiger partial charge in [-0.3, -0.25) is 14.9 Å². The second-order valence-electron chi connectivity index (χ2n) is 8.76. The van der Waals surface area contributed by atoms with E-state index in [1.165, 1.54) is 0 Å². The fourth-order valence-electron chi connectivity index (χ4n) is 4.35. The molecular formula is C24H32N8O3. The van der Waals surface area contributed by atoms with Gasteiger partial charge in [0.1, 0.15) is 6.04 Å². The van der Waals surface area contributed by atoms with Crippen LogP contribution in [0, 0.1) is 28.7 Å². The minimum absolute atomic E-state index is 0.0264. The smallest absolute Gasteiger partial charge is 0.247 e. The molecule has 2 amide bonds. The number of carbonyl (C=O) groups is 2. The predicted octanol–water partition coefficient (Wildman–Crippen LogP) is 1.10. The monoisotopic (exact) mass is 480 g/mol. The molecule has 0 saturated carbocycles. The van der Waals surface area contributed by atoms with E-state index in [4.69, 9.17) is 5.90 Å². The molecule has 3 rings (SSSR count). The standard InChI is InChI=1S/C24H32N8O3/c25-14-19(16-35-27)12-18-6-5-7-20(13-18)29-24(28-17-26)30-21-8-1-2-11-32(23(21)34)15-22(33)31-9-3-4-10-31/h5-7,13,19,21H,1-4,8-12,15-16,27H2,(H2,28,29,30). The lowest BCUT2D eigenvalue weighted by Gasteiger charge is -2.25. The number of nitriles is 2. The maximum atomic E-state index is 13.2. The minimum atomic E-state index is -0.694. The van der Waals surface area contributed by atoms with Crippen LogP contribution in [0.25, 0.3) is 0 Å². The summed E-state index contributed by atoms with van der Waals surface area (Å²) in [7, 11) is 0. The van der Waals surface area contributed by atoms with Crippen molar-refractivity contribution in [1.82, 2.24) is 15.1 Å². The first kappa shape index (κ1) is 25.9. The van der Waals surface area contributed by atoms with Crippen molar-refractivity contribution in [2.45, 2.75) is 44.6 Å². The van der Waals surface area contributed by atoms with Crippen LogP contribution in [0.1, 0.15) is 37.7 Å². The molecule has 2 atom stereocenters. The van der Waals surface area contributed by atoms with Gasteiger partial charge in [0.15, 0.2) is 6.19 Å². The highest BCUT2D eigenvalue weighted by Gasteiger charge is 2.30. The number of aliphatic imine (C=N–C) groups is 1. The molecule has 2 heterocycles. The number of anilines is 1. The van der Waals surface area contributed by atoms with E-state index in [1.54, 1.807) is 11.0 Å². The number of amides is 2. The number of likely N-dealkylation sites (tertiary alicyclic amines) is 2. The summed E-state index contributed by atoms with van der Waals surface area (Å²) in [6, 6.07) is 8.80. The van der Waals surface area contributed by atoms with Crippen LogP contribution in [0.4, 0.5) is 5.69 Å². The third kappa shape index (κ3) is 7.67.